The van der Waals surface area contributed by atoms with Gasteiger partial charge in [0.05, 0.1) is 34.7 Å². The predicted molar refractivity (Wildman–Crippen MR) is 115 cm³/mol. The Morgan fingerprint density at radius 3 is 2.58 bits per heavy atom. The number of rotatable bonds is 4. The molecule has 2 aromatic rings. The Morgan fingerprint density at radius 1 is 1.24 bits per heavy atom. The number of carbonyl (C=O) groups is 2. The number of primary amides is 1. The number of carbonyl (C=O) groups excluding carboxylic acids is 2. The summed E-state index contributed by atoms with van der Waals surface area (Å²) in [6.45, 7) is 3.65. The first-order valence-electron chi connectivity index (χ1n) is 11.0. The van der Waals surface area contributed by atoms with E-state index in [1.165, 1.54) is 18.2 Å². The summed E-state index contributed by atoms with van der Waals surface area (Å²) < 4.78 is 42.4. The molecular weight excluding hydrogens is 437 g/mol. The smallest absolute Gasteiger partial charge is 0.391 e. The summed E-state index contributed by atoms with van der Waals surface area (Å²) in [5.74, 6) is -1.29. The van der Waals surface area contributed by atoms with Gasteiger partial charge in [-0.2, -0.15) is 18.3 Å². The number of nitrogens with zero attached hydrogens (tertiary/aromatic N) is 2. The molecule has 2 aliphatic carbocycles. The lowest BCUT2D eigenvalue weighted by molar-refractivity contribution is -0.141. The van der Waals surface area contributed by atoms with E-state index in [2.05, 4.69) is 10.4 Å². The Labute approximate surface area is 189 Å². The van der Waals surface area contributed by atoms with Gasteiger partial charge in [-0.1, -0.05) is 26.7 Å². The minimum atomic E-state index is -4.78. The van der Waals surface area contributed by atoms with Crippen LogP contribution in [0.2, 0.25) is 0 Å². The van der Waals surface area contributed by atoms with E-state index >= 15 is 0 Å². The van der Waals surface area contributed by atoms with Gasteiger partial charge in [-0.15, -0.1) is 0 Å². The summed E-state index contributed by atoms with van der Waals surface area (Å²) in [7, 11) is 0. The van der Waals surface area contributed by atoms with E-state index in [0.717, 1.165) is 17.5 Å². The van der Waals surface area contributed by atoms with Crippen molar-refractivity contribution in [3.63, 3.8) is 0 Å². The van der Waals surface area contributed by atoms with Gasteiger partial charge in [0.15, 0.2) is 11.5 Å². The van der Waals surface area contributed by atoms with Gasteiger partial charge < -0.3 is 16.2 Å². The second-order valence-electron chi connectivity index (χ2n) is 9.72. The average molecular weight is 464 g/mol. The van der Waals surface area contributed by atoms with Crippen LogP contribution in [0.25, 0.3) is 5.69 Å². The number of hydrogen-bond acceptors (Lipinski definition) is 5. The zero-order valence-electron chi connectivity index (χ0n) is 18.5. The normalized spacial score (nSPS) is 22.7. The maximum absolute atomic E-state index is 13.7. The number of amides is 1. The molecule has 1 heterocycles. The third kappa shape index (κ3) is 4.48. The molecule has 1 amide bonds. The molecule has 0 radical (unpaired) electrons. The number of benzene rings is 1. The average Bonchev–Trinajstić information content (AvgIpc) is 3.08. The van der Waals surface area contributed by atoms with E-state index in [1.54, 1.807) is 0 Å². The topological polar surface area (TPSA) is 110 Å². The van der Waals surface area contributed by atoms with Gasteiger partial charge in [0.1, 0.15) is 0 Å². The highest BCUT2D eigenvalue weighted by atomic mass is 19.4. The lowest BCUT2D eigenvalue weighted by Gasteiger charge is -2.30. The number of ketones is 1. The van der Waals surface area contributed by atoms with Crippen molar-refractivity contribution in [3.05, 3.63) is 40.7 Å². The van der Waals surface area contributed by atoms with E-state index in [-0.39, 0.29) is 35.8 Å². The molecule has 0 saturated heterocycles. The molecule has 33 heavy (non-hydrogen) atoms. The molecule has 4 N–H and O–H groups in total. The number of fused-ring (bicyclic) bond motifs is 1. The van der Waals surface area contributed by atoms with Gasteiger partial charge in [-0.3, -0.25) is 9.59 Å². The van der Waals surface area contributed by atoms with Crippen LogP contribution in [0.3, 0.4) is 0 Å². The van der Waals surface area contributed by atoms with Crippen molar-refractivity contribution < 1.29 is 27.9 Å². The minimum absolute atomic E-state index is 0.00175. The summed E-state index contributed by atoms with van der Waals surface area (Å²) in [4.78, 5) is 24.7. The highest BCUT2D eigenvalue weighted by molar-refractivity contribution is 6.00. The number of halogens is 3. The molecule has 0 aliphatic heterocycles. The molecule has 1 saturated carbocycles. The van der Waals surface area contributed by atoms with Crippen molar-refractivity contribution in [2.45, 2.75) is 70.7 Å². The Bertz CT molecular complexity index is 1110. The van der Waals surface area contributed by atoms with Crippen LogP contribution in [-0.4, -0.2) is 38.7 Å². The van der Waals surface area contributed by atoms with Crippen molar-refractivity contribution in [3.8, 4) is 5.69 Å². The Morgan fingerprint density at radius 2 is 1.94 bits per heavy atom. The monoisotopic (exact) mass is 464 g/mol. The highest BCUT2D eigenvalue weighted by Gasteiger charge is 2.45. The SMILES string of the molecule is CC1(C)CC(=O)c2c(C(F)(F)F)nn(-c3ccc(C(N)=O)c(NC4CCCCC4O)c3)c2C1. The lowest BCUT2D eigenvalue weighted by atomic mass is 9.75. The van der Waals surface area contributed by atoms with Gasteiger partial charge in [0, 0.05) is 12.1 Å². The summed E-state index contributed by atoms with van der Waals surface area (Å²) >= 11 is 0. The van der Waals surface area contributed by atoms with Crippen molar-refractivity contribution in [2.24, 2.45) is 11.1 Å². The Hall–Kier alpha value is -2.88. The van der Waals surface area contributed by atoms with Gasteiger partial charge in [0.2, 0.25) is 0 Å². The predicted octanol–water partition coefficient (Wildman–Crippen LogP) is 3.86. The summed E-state index contributed by atoms with van der Waals surface area (Å²) in [6, 6.07) is 4.07. The number of anilines is 1. The van der Waals surface area contributed by atoms with E-state index in [9.17, 15) is 27.9 Å². The molecule has 0 bridgehead atoms. The van der Waals surface area contributed by atoms with Gasteiger partial charge >= 0.3 is 6.18 Å². The number of aliphatic hydroxyl groups is 1. The van der Waals surface area contributed by atoms with Crippen LogP contribution in [0, 0.1) is 5.41 Å². The number of Topliss-reactive ketones (excluding diaryl/α,β-unsaturated/α-hetero) is 1. The van der Waals surface area contributed by atoms with Crippen molar-refractivity contribution in [1.29, 1.82) is 0 Å². The fourth-order valence-electron chi connectivity index (χ4n) is 4.84. The third-order valence-electron chi connectivity index (χ3n) is 6.40. The van der Waals surface area contributed by atoms with Gasteiger partial charge in [0.25, 0.3) is 5.91 Å². The highest BCUT2D eigenvalue weighted by Crippen LogP contribution is 2.42. The summed E-state index contributed by atoms with van der Waals surface area (Å²) in [5.41, 5.74) is 4.33. The fraction of sp³-hybridized carbons (Fsp3) is 0.522. The standard InChI is InChI=1S/C23H27F3N4O3/c1-22(2)10-16-19(18(32)11-22)20(23(24,25)26)29-30(16)12-7-8-13(21(27)33)15(9-12)28-14-5-3-4-6-17(14)31/h7-9,14,17,28,31H,3-6,10-11H2,1-2H3,(H2,27,33). The molecule has 1 aromatic heterocycles. The molecule has 2 atom stereocenters. The Balaban J connectivity index is 1.84. The molecular formula is C23H27F3N4O3. The van der Waals surface area contributed by atoms with Crippen molar-refractivity contribution in [1.82, 2.24) is 9.78 Å². The van der Waals surface area contributed by atoms with Crippen LogP contribution in [0.4, 0.5) is 18.9 Å². The fourth-order valence-corrected chi connectivity index (χ4v) is 4.84. The number of aromatic nitrogens is 2. The van der Waals surface area contributed by atoms with Crippen molar-refractivity contribution in [2.75, 3.05) is 5.32 Å². The quantitative estimate of drug-likeness (QED) is 0.637. The van der Waals surface area contributed by atoms with E-state index < -0.39 is 40.6 Å². The van der Waals surface area contributed by atoms with E-state index in [1.807, 2.05) is 13.8 Å². The van der Waals surface area contributed by atoms with Crippen LogP contribution in [0.15, 0.2) is 18.2 Å². The lowest BCUT2D eigenvalue weighted by Crippen LogP contribution is -2.37. The van der Waals surface area contributed by atoms with Crippen LogP contribution in [-0.2, 0) is 12.6 Å². The zero-order valence-corrected chi connectivity index (χ0v) is 18.5. The molecule has 2 aliphatic rings. The first kappa shape index (κ1) is 23.3. The molecule has 0 spiro atoms. The minimum Gasteiger partial charge on any atom is -0.391 e. The third-order valence-corrected chi connectivity index (χ3v) is 6.40. The largest absolute Gasteiger partial charge is 0.435 e. The number of aliphatic hydroxyl groups excluding tert-OH is 1. The summed E-state index contributed by atoms with van der Waals surface area (Å²) in [6.07, 6.45) is -2.07. The molecule has 4 rings (SSSR count). The first-order chi connectivity index (χ1) is 15.4. The molecule has 10 heteroatoms. The maximum atomic E-state index is 13.7. The summed E-state index contributed by atoms with van der Waals surface area (Å²) in [5, 5.41) is 17.3. The van der Waals surface area contributed by atoms with Crippen LogP contribution >= 0.6 is 0 Å². The van der Waals surface area contributed by atoms with Gasteiger partial charge in [-0.05, 0) is 42.9 Å². The molecule has 1 aromatic carbocycles. The van der Waals surface area contributed by atoms with Crippen LogP contribution < -0.4 is 11.1 Å². The molecule has 178 valence electrons. The Kier molecular flexibility index (Phi) is 5.76. The number of hydrogen-bond donors (Lipinski definition) is 3. The second-order valence-corrected chi connectivity index (χ2v) is 9.72. The maximum Gasteiger partial charge on any atom is 0.435 e. The van der Waals surface area contributed by atoms with E-state index in [0.29, 0.717) is 18.5 Å². The number of nitrogens with one attached hydrogen (secondary N) is 1. The van der Waals surface area contributed by atoms with E-state index in [4.69, 9.17) is 5.73 Å². The van der Waals surface area contributed by atoms with Crippen LogP contribution in [0.1, 0.15) is 78.1 Å². The number of alkyl halides is 3. The van der Waals surface area contributed by atoms with Crippen LogP contribution in [0.5, 0.6) is 0 Å². The first-order valence-corrected chi connectivity index (χ1v) is 11.0. The zero-order chi connectivity index (χ0) is 24.1. The molecule has 2 unspecified atom stereocenters. The van der Waals surface area contributed by atoms with Crippen molar-refractivity contribution >= 4 is 17.4 Å². The molecule has 1 fully saturated rings. The molecule has 7 nitrogen and oxygen atoms in total. The van der Waals surface area contributed by atoms with Gasteiger partial charge in [-0.25, -0.2) is 4.68 Å². The second kappa shape index (κ2) is 8.16. The number of nitrogens with two attached hydrogens (primary N) is 1.